The molecule has 8 heteroatoms. The topological polar surface area (TPSA) is 91.4 Å². The normalized spacial score (nSPS) is 10.8. The van der Waals surface area contributed by atoms with Gasteiger partial charge in [-0.1, -0.05) is 23.7 Å². The highest BCUT2D eigenvalue weighted by Gasteiger charge is 2.12. The van der Waals surface area contributed by atoms with Gasteiger partial charge in [0, 0.05) is 16.6 Å². The summed E-state index contributed by atoms with van der Waals surface area (Å²) in [6.07, 6.45) is -0.128. The maximum absolute atomic E-state index is 13.8. The van der Waals surface area contributed by atoms with E-state index >= 15 is 0 Å². The van der Waals surface area contributed by atoms with Crippen LogP contribution < -0.4 is 10.1 Å². The van der Waals surface area contributed by atoms with Gasteiger partial charge in [0.2, 0.25) is 0 Å². The summed E-state index contributed by atoms with van der Waals surface area (Å²) in [6, 6.07) is 17.5. The summed E-state index contributed by atoms with van der Waals surface area (Å²) in [5.74, 6) is -0.878. The average Bonchev–Trinajstić information content (AvgIpc) is 3.17. The Morgan fingerprint density at radius 3 is 2.52 bits per heavy atom. The number of rotatable bonds is 6. The van der Waals surface area contributed by atoms with Crippen LogP contribution in [-0.2, 0) is 11.2 Å². The fourth-order valence-corrected chi connectivity index (χ4v) is 3.33. The molecule has 1 aromatic heterocycles. The fourth-order valence-electron chi connectivity index (χ4n) is 3.08. The number of aromatic amines is 1. The first-order valence-corrected chi connectivity index (χ1v) is 9.63. The largest absolute Gasteiger partial charge is 0.481 e. The average molecular weight is 439 g/mol. The zero-order chi connectivity index (χ0) is 22.0. The number of aromatic nitrogens is 1. The molecule has 6 nitrogen and oxygen atoms in total. The van der Waals surface area contributed by atoms with Gasteiger partial charge in [0.05, 0.1) is 11.4 Å². The molecule has 0 aliphatic carbocycles. The van der Waals surface area contributed by atoms with E-state index in [0.717, 1.165) is 0 Å². The second-order valence-electron chi connectivity index (χ2n) is 6.80. The Balaban J connectivity index is 1.43. The van der Waals surface area contributed by atoms with E-state index in [1.807, 2.05) is 0 Å². The molecule has 0 bridgehead atoms. The minimum atomic E-state index is -0.944. The van der Waals surface area contributed by atoms with E-state index < -0.39 is 17.7 Å². The lowest BCUT2D eigenvalue weighted by molar-refractivity contribution is -0.136. The molecule has 1 amide bonds. The zero-order valence-corrected chi connectivity index (χ0v) is 16.7. The summed E-state index contributed by atoms with van der Waals surface area (Å²) < 4.78 is 19.5. The summed E-state index contributed by atoms with van der Waals surface area (Å²) in [4.78, 5) is 26.2. The molecular weight excluding hydrogens is 423 g/mol. The van der Waals surface area contributed by atoms with E-state index in [4.69, 9.17) is 21.4 Å². The first-order chi connectivity index (χ1) is 14.9. The molecule has 0 atom stereocenters. The smallest absolute Gasteiger partial charge is 0.307 e. The molecule has 1 heterocycles. The zero-order valence-electron chi connectivity index (χ0n) is 16.0. The number of H-pyrrole nitrogens is 1. The van der Waals surface area contributed by atoms with Crippen LogP contribution >= 0.6 is 11.6 Å². The van der Waals surface area contributed by atoms with Crippen LogP contribution in [0.3, 0.4) is 0 Å². The Kier molecular flexibility index (Phi) is 5.60. The van der Waals surface area contributed by atoms with Crippen LogP contribution in [0.15, 0.2) is 66.7 Å². The number of hydrogen-bond acceptors (Lipinski definition) is 3. The highest BCUT2D eigenvalue weighted by atomic mass is 35.5. The molecular formula is C23H16ClFN2O4. The van der Waals surface area contributed by atoms with Gasteiger partial charge in [0.15, 0.2) is 0 Å². The van der Waals surface area contributed by atoms with Crippen LogP contribution in [0, 0.1) is 5.82 Å². The molecule has 0 saturated heterocycles. The van der Waals surface area contributed by atoms with Gasteiger partial charge in [-0.15, -0.1) is 0 Å². The lowest BCUT2D eigenvalue weighted by Crippen LogP contribution is -2.12. The molecule has 3 N–H and O–H groups in total. The Labute approximate surface area is 181 Å². The van der Waals surface area contributed by atoms with Gasteiger partial charge in [-0.2, -0.15) is 0 Å². The molecule has 0 aliphatic rings. The highest BCUT2D eigenvalue weighted by molar-refractivity contribution is 6.32. The number of carbonyl (C=O) groups excluding carboxylic acids is 1. The Hall–Kier alpha value is -3.84. The van der Waals surface area contributed by atoms with Gasteiger partial charge in [0.25, 0.3) is 5.91 Å². The number of halogens is 2. The summed E-state index contributed by atoms with van der Waals surface area (Å²) in [5.41, 5.74) is 1.88. The van der Waals surface area contributed by atoms with Crippen molar-refractivity contribution in [1.82, 2.24) is 4.98 Å². The molecule has 0 saturated carbocycles. The monoisotopic (exact) mass is 438 g/mol. The van der Waals surface area contributed by atoms with Gasteiger partial charge in [-0.3, -0.25) is 9.59 Å². The standard InChI is InChI=1S/C23H16ClFN2O4/c24-17-10-13(11-22(28)29)4-9-21(17)31-15-7-5-14(6-8-15)26-23(30)20-12-16-18(25)2-1-3-19(16)27-20/h1-10,12,27H,11H2,(H,26,30)(H,28,29). The van der Waals surface area contributed by atoms with E-state index in [1.165, 1.54) is 12.1 Å². The minimum Gasteiger partial charge on any atom is -0.481 e. The summed E-state index contributed by atoms with van der Waals surface area (Å²) >= 11 is 6.17. The van der Waals surface area contributed by atoms with E-state index in [2.05, 4.69) is 10.3 Å². The third-order valence-electron chi connectivity index (χ3n) is 4.55. The second-order valence-corrected chi connectivity index (χ2v) is 7.21. The van der Waals surface area contributed by atoms with Gasteiger partial charge in [-0.05, 0) is 60.2 Å². The molecule has 4 rings (SSSR count). The number of nitrogens with one attached hydrogen (secondary N) is 2. The van der Waals surface area contributed by atoms with E-state index in [9.17, 15) is 14.0 Å². The van der Waals surface area contributed by atoms with Crippen molar-refractivity contribution in [3.63, 3.8) is 0 Å². The lowest BCUT2D eigenvalue weighted by atomic mass is 10.1. The van der Waals surface area contributed by atoms with Crippen LogP contribution in [0.25, 0.3) is 10.9 Å². The van der Waals surface area contributed by atoms with Crippen molar-refractivity contribution in [2.75, 3.05) is 5.32 Å². The first-order valence-electron chi connectivity index (χ1n) is 9.26. The number of hydrogen-bond donors (Lipinski definition) is 3. The van der Waals surface area contributed by atoms with Crippen molar-refractivity contribution < 1.29 is 23.8 Å². The number of amides is 1. The van der Waals surface area contributed by atoms with Crippen molar-refractivity contribution >= 4 is 40.1 Å². The third-order valence-corrected chi connectivity index (χ3v) is 4.84. The van der Waals surface area contributed by atoms with E-state index in [0.29, 0.717) is 38.7 Å². The van der Waals surface area contributed by atoms with Crippen molar-refractivity contribution in [3.05, 3.63) is 88.8 Å². The van der Waals surface area contributed by atoms with Crippen molar-refractivity contribution in [1.29, 1.82) is 0 Å². The maximum Gasteiger partial charge on any atom is 0.307 e. The molecule has 0 unspecified atom stereocenters. The highest BCUT2D eigenvalue weighted by Crippen LogP contribution is 2.31. The van der Waals surface area contributed by atoms with Crippen LogP contribution in [0.5, 0.6) is 11.5 Å². The summed E-state index contributed by atoms with van der Waals surface area (Å²) in [6.45, 7) is 0. The van der Waals surface area contributed by atoms with Crippen LogP contribution in [0.1, 0.15) is 16.1 Å². The Bertz CT molecular complexity index is 1280. The number of anilines is 1. The molecule has 0 aliphatic heterocycles. The van der Waals surface area contributed by atoms with Crippen molar-refractivity contribution in [2.45, 2.75) is 6.42 Å². The second kappa shape index (κ2) is 8.49. The minimum absolute atomic E-state index is 0.128. The van der Waals surface area contributed by atoms with Crippen molar-refractivity contribution in [2.24, 2.45) is 0 Å². The van der Waals surface area contributed by atoms with Gasteiger partial charge >= 0.3 is 5.97 Å². The van der Waals surface area contributed by atoms with E-state index in [1.54, 1.807) is 54.6 Å². The molecule has 4 aromatic rings. The third kappa shape index (κ3) is 4.67. The molecule has 0 radical (unpaired) electrons. The quantitative estimate of drug-likeness (QED) is 0.363. The predicted molar refractivity (Wildman–Crippen MR) is 116 cm³/mol. The predicted octanol–water partition coefficient (Wildman–Crippen LogP) is 5.63. The van der Waals surface area contributed by atoms with Crippen LogP contribution in [0.2, 0.25) is 5.02 Å². The van der Waals surface area contributed by atoms with Crippen LogP contribution in [-0.4, -0.2) is 22.0 Å². The molecule has 0 fully saturated rings. The van der Waals surface area contributed by atoms with Crippen molar-refractivity contribution in [3.8, 4) is 11.5 Å². The lowest BCUT2D eigenvalue weighted by Gasteiger charge is -2.10. The number of ether oxygens (including phenoxy) is 1. The maximum atomic E-state index is 13.8. The van der Waals surface area contributed by atoms with Crippen LogP contribution in [0.4, 0.5) is 10.1 Å². The summed E-state index contributed by atoms with van der Waals surface area (Å²) in [5, 5.41) is 12.2. The Morgan fingerprint density at radius 2 is 1.84 bits per heavy atom. The SMILES string of the molecule is O=C(O)Cc1ccc(Oc2ccc(NC(=O)c3cc4c(F)cccc4[nH]3)cc2)c(Cl)c1. The Morgan fingerprint density at radius 1 is 1.06 bits per heavy atom. The number of aliphatic carboxylic acids is 1. The van der Waals surface area contributed by atoms with E-state index in [-0.39, 0.29) is 12.1 Å². The number of benzene rings is 3. The molecule has 31 heavy (non-hydrogen) atoms. The summed E-state index contributed by atoms with van der Waals surface area (Å²) in [7, 11) is 0. The molecule has 0 spiro atoms. The first kappa shape index (κ1) is 20.4. The number of carboxylic acid groups (broad SMARTS) is 1. The fraction of sp³-hybridized carbons (Fsp3) is 0.0435. The number of carbonyl (C=O) groups is 2. The van der Waals surface area contributed by atoms with Gasteiger partial charge < -0.3 is 20.1 Å². The van der Waals surface area contributed by atoms with Gasteiger partial charge in [-0.25, -0.2) is 4.39 Å². The number of carboxylic acids is 1. The molecule has 156 valence electrons. The number of fused-ring (bicyclic) bond motifs is 1. The molecule has 3 aromatic carbocycles. The van der Waals surface area contributed by atoms with Gasteiger partial charge in [0.1, 0.15) is 23.0 Å².